The van der Waals surface area contributed by atoms with Crippen molar-refractivity contribution in [3.05, 3.63) is 52.6 Å². The van der Waals surface area contributed by atoms with Crippen LogP contribution in [0.15, 0.2) is 30.3 Å². The zero-order valence-electron chi connectivity index (χ0n) is 13.8. The Hall–Kier alpha value is -2.70. The highest BCUT2D eigenvalue weighted by Gasteiger charge is 2.34. The smallest absolute Gasteiger partial charge is 0.418 e. The molecule has 0 bridgehead atoms. The molecular formula is C19H16F3NO3. The molecule has 1 N–H and O–H groups in total. The van der Waals surface area contributed by atoms with Crippen molar-refractivity contribution in [3.8, 4) is 11.5 Å². The normalized spacial score (nSPS) is 15.0. The van der Waals surface area contributed by atoms with Crippen LogP contribution in [0.4, 0.5) is 18.9 Å². The minimum absolute atomic E-state index is 0.0545. The third-order valence-corrected chi connectivity index (χ3v) is 4.60. The molecule has 0 saturated heterocycles. The molecule has 26 heavy (non-hydrogen) atoms. The Balaban J connectivity index is 1.61. The lowest BCUT2D eigenvalue weighted by Gasteiger charge is -2.15. The molecule has 0 unspecified atom stereocenters. The van der Waals surface area contributed by atoms with Gasteiger partial charge in [-0.1, -0.05) is 12.1 Å². The highest BCUT2D eigenvalue weighted by atomic mass is 19.4. The predicted octanol–water partition coefficient (Wildman–Crippen LogP) is 3.76. The lowest BCUT2D eigenvalue weighted by atomic mass is 9.97. The number of benzene rings is 2. The molecule has 1 amide bonds. The quantitative estimate of drug-likeness (QED) is 0.903. The maximum atomic E-state index is 13.1. The number of carbonyl (C=O) groups is 1. The van der Waals surface area contributed by atoms with Crippen molar-refractivity contribution in [3.63, 3.8) is 0 Å². The lowest BCUT2D eigenvalue weighted by molar-refractivity contribution is -0.137. The van der Waals surface area contributed by atoms with E-state index in [0.29, 0.717) is 25.4 Å². The van der Waals surface area contributed by atoms with Crippen molar-refractivity contribution >= 4 is 11.6 Å². The van der Waals surface area contributed by atoms with Crippen LogP contribution in [-0.2, 0) is 30.2 Å². The number of anilines is 1. The molecule has 2 aromatic rings. The summed E-state index contributed by atoms with van der Waals surface area (Å²) >= 11 is 0. The molecule has 2 aromatic carbocycles. The highest BCUT2D eigenvalue weighted by molar-refractivity contribution is 5.94. The fraction of sp³-hybridized carbons (Fsp3) is 0.316. The fourth-order valence-corrected chi connectivity index (χ4v) is 3.47. The first-order valence-corrected chi connectivity index (χ1v) is 8.33. The largest absolute Gasteiger partial charge is 0.493 e. The summed E-state index contributed by atoms with van der Waals surface area (Å²) in [6, 6.07) is 6.88. The van der Waals surface area contributed by atoms with Crippen molar-refractivity contribution in [2.24, 2.45) is 0 Å². The molecule has 0 fully saturated rings. The van der Waals surface area contributed by atoms with E-state index in [9.17, 15) is 18.0 Å². The van der Waals surface area contributed by atoms with Gasteiger partial charge in [-0.15, -0.1) is 0 Å². The van der Waals surface area contributed by atoms with E-state index in [1.165, 1.54) is 18.2 Å². The summed E-state index contributed by atoms with van der Waals surface area (Å²) in [5, 5.41) is 2.39. The summed E-state index contributed by atoms with van der Waals surface area (Å²) in [5.41, 5.74) is 1.49. The fourth-order valence-electron chi connectivity index (χ4n) is 3.47. The van der Waals surface area contributed by atoms with Gasteiger partial charge < -0.3 is 14.8 Å². The van der Waals surface area contributed by atoms with E-state index >= 15 is 0 Å². The van der Waals surface area contributed by atoms with Gasteiger partial charge in [-0.3, -0.25) is 4.79 Å². The van der Waals surface area contributed by atoms with Crippen molar-refractivity contribution in [2.45, 2.75) is 25.4 Å². The summed E-state index contributed by atoms with van der Waals surface area (Å²) in [6.07, 6.45) is -3.19. The average Bonchev–Trinajstić information content (AvgIpc) is 3.23. The van der Waals surface area contributed by atoms with E-state index in [0.717, 1.165) is 34.9 Å². The topological polar surface area (TPSA) is 47.6 Å². The first-order valence-electron chi connectivity index (χ1n) is 8.33. The molecular weight excluding hydrogens is 347 g/mol. The predicted molar refractivity (Wildman–Crippen MR) is 88.6 cm³/mol. The molecule has 136 valence electrons. The van der Waals surface area contributed by atoms with Gasteiger partial charge in [0.25, 0.3) is 0 Å². The van der Waals surface area contributed by atoms with Crippen molar-refractivity contribution < 1.29 is 27.4 Å². The van der Waals surface area contributed by atoms with Gasteiger partial charge in [0.2, 0.25) is 5.91 Å². The average molecular weight is 363 g/mol. The lowest BCUT2D eigenvalue weighted by Crippen LogP contribution is -2.19. The molecule has 2 aliphatic rings. The molecule has 0 spiro atoms. The number of hydrogen-bond donors (Lipinski definition) is 1. The van der Waals surface area contributed by atoms with Crippen LogP contribution in [0.25, 0.3) is 0 Å². The van der Waals surface area contributed by atoms with Gasteiger partial charge in [-0.25, -0.2) is 0 Å². The number of nitrogens with one attached hydrogen (secondary N) is 1. The van der Waals surface area contributed by atoms with Crippen molar-refractivity contribution in [2.75, 3.05) is 18.5 Å². The van der Waals surface area contributed by atoms with Gasteiger partial charge in [0.15, 0.2) is 0 Å². The van der Waals surface area contributed by atoms with Crippen molar-refractivity contribution in [1.82, 2.24) is 0 Å². The Labute approximate surface area is 147 Å². The van der Waals surface area contributed by atoms with Crippen LogP contribution < -0.4 is 14.8 Å². The van der Waals surface area contributed by atoms with E-state index < -0.39 is 17.6 Å². The minimum Gasteiger partial charge on any atom is -0.493 e. The van der Waals surface area contributed by atoms with E-state index in [-0.39, 0.29) is 12.1 Å². The number of carbonyl (C=O) groups excluding carboxylic acids is 1. The van der Waals surface area contributed by atoms with Crippen LogP contribution in [0.1, 0.15) is 22.3 Å². The molecule has 0 aromatic heterocycles. The van der Waals surface area contributed by atoms with E-state index in [1.54, 1.807) is 0 Å². The number of alkyl halides is 3. The molecule has 0 aliphatic carbocycles. The van der Waals surface area contributed by atoms with Crippen LogP contribution in [0, 0.1) is 0 Å². The monoisotopic (exact) mass is 363 g/mol. The zero-order valence-corrected chi connectivity index (χ0v) is 13.8. The SMILES string of the molecule is O=C(Cc1c2c(cc3c1OCC3)OCC2)Nc1ccccc1C(F)(F)F. The second-order valence-corrected chi connectivity index (χ2v) is 6.29. The Bertz CT molecular complexity index is 845. The Morgan fingerprint density at radius 3 is 2.69 bits per heavy atom. The number of amides is 1. The highest BCUT2D eigenvalue weighted by Crippen LogP contribution is 2.41. The zero-order chi connectivity index (χ0) is 18.3. The Kier molecular flexibility index (Phi) is 4.01. The van der Waals surface area contributed by atoms with Gasteiger partial charge in [-0.05, 0) is 18.2 Å². The maximum Gasteiger partial charge on any atom is 0.418 e. The van der Waals surface area contributed by atoms with Crippen LogP contribution in [0.5, 0.6) is 11.5 Å². The molecule has 7 heteroatoms. The van der Waals surface area contributed by atoms with Crippen LogP contribution in [-0.4, -0.2) is 19.1 Å². The Morgan fingerprint density at radius 1 is 1.12 bits per heavy atom. The summed E-state index contributed by atoms with van der Waals surface area (Å²) in [5.74, 6) is 0.904. The number of para-hydroxylation sites is 1. The third kappa shape index (κ3) is 2.98. The second kappa shape index (κ2) is 6.23. The molecule has 0 radical (unpaired) electrons. The number of fused-ring (bicyclic) bond motifs is 2. The third-order valence-electron chi connectivity index (χ3n) is 4.60. The minimum atomic E-state index is -4.53. The summed E-state index contributed by atoms with van der Waals surface area (Å²) in [4.78, 5) is 12.5. The Morgan fingerprint density at radius 2 is 1.88 bits per heavy atom. The summed E-state index contributed by atoms with van der Waals surface area (Å²) in [7, 11) is 0. The second-order valence-electron chi connectivity index (χ2n) is 6.29. The van der Waals surface area contributed by atoms with E-state index in [1.807, 2.05) is 6.07 Å². The molecule has 0 saturated carbocycles. The van der Waals surface area contributed by atoms with E-state index in [2.05, 4.69) is 5.32 Å². The van der Waals surface area contributed by atoms with Gasteiger partial charge in [0.05, 0.1) is 30.9 Å². The number of halogens is 3. The standard InChI is InChI=1S/C19H16F3NO3/c20-19(21,22)14-3-1-2-4-15(14)23-17(24)10-13-12-6-8-25-16(12)9-11-5-7-26-18(11)13/h1-4,9H,5-8,10H2,(H,23,24). The molecule has 2 aliphatic heterocycles. The summed E-state index contributed by atoms with van der Waals surface area (Å²) in [6.45, 7) is 1.06. The number of rotatable bonds is 3. The van der Waals surface area contributed by atoms with Gasteiger partial charge in [0.1, 0.15) is 11.5 Å². The van der Waals surface area contributed by atoms with Crippen LogP contribution >= 0.6 is 0 Å². The number of hydrogen-bond acceptors (Lipinski definition) is 3. The van der Waals surface area contributed by atoms with E-state index in [4.69, 9.17) is 9.47 Å². The van der Waals surface area contributed by atoms with Gasteiger partial charge in [0, 0.05) is 29.5 Å². The van der Waals surface area contributed by atoms with Crippen LogP contribution in [0.3, 0.4) is 0 Å². The number of ether oxygens (including phenoxy) is 2. The first kappa shape index (κ1) is 16.8. The molecule has 4 nitrogen and oxygen atoms in total. The van der Waals surface area contributed by atoms with Crippen LogP contribution in [0.2, 0.25) is 0 Å². The van der Waals surface area contributed by atoms with Gasteiger partial charge >= 0.3 is 6.18 Å². The molecule has 0 atom stereocenters. The first-order chi connectivity index (χ1) is 12.4. The van der Waals surface area contributed by atoms with Crippen molar-refractivity contribution in [1.29, 1.82) is 0 Å². The molecule has 4 rings (SSSR count). The molecule has 2 heterocycles. The van der Waals surface area contributed by atoms with Gasteiger partial charge in [-0.2, -0.15) is 13.2 Å². The summed E-state index contributed by atoms with van der Waals surface area (Å²) < 4.78 is 50.6. The maximum absolute atomic E-state index is 13.1.